The molecule has 55 heavy (non-hydrogen) atoms. The van der Waals surface area contributed by atoms with Gasteiger partial charge >= 0.3 is 0 Å². The Labute approximate surface area is 318 Å². The van der Waals surface area contributed by atoms with Crippen LogP contribution in [0.4, 0.5) is 0 Å². The summed E-state index contributed by atoms with van der Waals surface area (Å²) >= 11 is 0. The molecule has 6 heteroatoms. The van der Waals surface area contributed by atoms with Crippen molar-refractivity contribution in [1.82, 2.24) is 29.3 Å². The Balaban J connectivity index is 1.14. The summed E-state index contributed by atoms with van der Waals surface area (Å²) < 4.78 is 2.23. The molecule has 3 heterocycles. The highest BCUT2D eigenvalue weighted by molar-refractivity contribution is 6.06. The van der Waals surface area contributed by atoms with E-state index in [1.165, 1.54) is 0 Å². The van der Waals surface area contributed by atoms with Gasteiger partial charge in [-0.05, 0) is 41.7 Å². The van der Waals surface area contributed by atoms with E-state index in [0.29, 0.717) is 23.3 Å². The van der Waals surface area contributed by atoms with E-state index in [0.717, 1.165) is 85.3 Å². The third-order valence-electron chi connectivity index (χ3n) is 10.1. The van der Waals surface area contributed by atoms with Gasteiger partial charge in [0.25, 0.3) is 0 Å². The normalized spacial score (nSPS) is 12.6. The van der Waals surface area contributed by atoms with Gasteiger partial charge in [0.1, 0.15) is 11.5 Å². The predicted octanol–water partition coefficient (Wildman–Crippen LogP) is 11.8. The minimum Gasteiger partial charge on any atom is -0.277 e. The van der Waals surface area contributed by atoms with Crippen LogP contribution in [0.1, 0.15) is 18.7 Å². The fourth-order valence-electron chi connectivity index (χ4n) is 7.42. The zero-order valence-electron chi connectivity index (χ0n) is 29.9. The van der Waals surface area contributed by atoms with Gasteiger partial charge in [-0.1, -0.05) is 170 Å². The molecule has 0 radical (unpaired) electrons. The summed E-state index contributed by atoms with van der Waals surface area (Å²) in [7, 11) is 0. The van der Waals surface area contributed by atoms with Crippen LogP contribution >= 0.6 is 0 Å². The monoisotopic (exact) mass is 706 g/mol. The smallest absolute Gasteiger partial charge is 0.164 e. The SMILES string of the molecule is C1=CC(c2nc(-c3ccccc3)nc(-c3cccc(-c4cccc(-c5nc(-c6ccccc6)nc6c7ccccc7c(-c7ccccc7)n56)c4)c3)n2)=CCC1. The lowest BCUT2D eigenvalue weighted by Crippen LogP contribution is -2.03. The maximum Gasteiger partial charge on any atom is 0.164 e. The molecule has 0 atom stereocenters. The fourth-order valence-corrected chi connectivity index (χ4v) is 7.42. The van der Waals surface area contributed by atoms with Gasteiger partial charge in [-0.15, -0.1) is 0 Å². The molecular formula is C49H34N6. The third kappa shape index (κ3) is 6.10. The van der Waals surface area contributed by atoms with Gasteiger partial charge in [0, 0.05) is 38.6 Å². The van der Waals surface area contributed by atoms with Crippen LogP contribution in [-0.4, -0.2) is 29.3 Å². The van der Waals surface area contributed by atoms with Gasteiger partial charge in [-0.2, -0.15) is 0 Å². The summed E-state index contributed by atoms with van der Waals surface area (Å²) in [6.45, 7) is 0. The highest BCUT2D eigenvalue weighted by atomic mass is 15.1. The van der Waals surface area contributed by atoms with Gasteiger partial charge in [-0.25, -0.2) is 24.9 Å². The van der Waals surface area contributed by atoms with Crippen molar-refractivity contribution in [3.8, 4) is 67.9 Å². The topological polar surface area (TPSA) is 68.9 Å². The minimum atomic E-state index is 0.637. The van der Waals surface area contributed by atoms with Crippen molar-refractivity contribution in [3.05, 3.63) is 188 Å². The molecule has 0 fully saturated rings. The molecule has 0 spiro atoms. The van der Waals surface area contributed by atoms with E-state index < -0.39 is 0 Å². The average Bonchev–Trinajstić information content (AvgIpc) is 3.61. The van der Waals surface area contributed by atoms with Crippen LogP contribution in [0.2, 0.25) is 0 Å². The van der Waals surface area contributed by atoms with Crippen LogP contribution < -0.4 is 0 Å². The van der Waals surface area contributed by atoms with E-state index in [1.54, 1.807) is 0 Å². The molecule has 0 aliphatic heterocycles. The van der Waals surface area contributed by atoms with E-state index in [-0.39, 0.29) is 0 Å². The number of allylic oxidation sites excluding steroid dienone is 4. The highest BCUT2D eigenvalue weighted by Gasteiger charge is 2.21. The van der Waals surface area contributed by atoms with Crippen molar-refractivity contribution in [1.29, 1.82) is 0 Å². The number of rotatable bonds is 7. The molecule has 0 saturated heterocycles. The molecule has 10 rings (SSSR count). The molecule has 0 unspecified atom stereocenters. The molecule has 1 aliphatic rings. The molecule has 260 valence electrons. The Morgan fingerprint density at radius 3 is 1.55 bits per heavy atom. The highest BCUT2D eigenvalue weighted by Crippen LogP contribution is 2.38. The minimum absolute atomic E-state index is 0.637. The molecule has 6 aromatic carbocycles. The number of benzene rings is 6. The van der Waals surface area contributed by atoms with Crippen molar-refractivity contribution < 1.29 is 0 Å². The van der Waals surface area contributed by atoms with Crippen molar-refractivity contribution in [3.63, 3.8) is 0 Å². The third-order valence-corrected chi connectivity index (χ3v) is 10.1. The second-order valence-electron chi connectivity index (χ2n) is 13.6. The average molecular weight is 707 g/mol. The molecule has 9 aromatic rings. The zero-order valence-corrected chi connectivity index (χ0v) is 29.9. The largest absolute Gasteiger partial charge is 0.277 e. The molecule has 0 bridgehead atoms. The van der Waals surface area contributed by atoms with Crippen LogP contribution in [0, 0.1) is 0 Å². The second-order valence-corrected chi connectivity index (χ2v) is 13.6. The van der Waals surface area contributed by atoms with Crippen LogP contribution in [-0.2, 0) is 0 Å². The van der Waals surface area contributed by atoms with Crippen LogP contribution in [0.15, 0.2) is 182 Å². The fraction of sp³-hybridized carbons (Fsp3) is 0.0408. The Kier molecular flexibility index (Phi) is 8.18. The van der Waals surface area contributed by atoms with E-state index in [1.807, 2.05) is 48.5 Å². The van der Waals surface area contributed by atoms with Crippen molar-refractivity contribution in [2.24, 2.45) is 0 Å². The van der Waals surface area contributed by atoms with E-state index in [2.05, 4.69) is 138 Å². The number of hydrogen-bond acceptors (Lipinski definition) is 5. The summed E-state index contributed by atoms with van der Waals surface area (Å²) in [6, 6.07) is 56.4. The Morgan fingerprint density at radius 2 is 0.891 bits per heavy atom. The number of fused-ring (bicyclic) bond motifs is 3. The number of hydrogen-bond donors (Lipinski definition) is 0. The lowest BCUT2D eigenvalue weighted by atomic mass is 10.00. The van der Waals surface area contributed by atoms with Gasteiger partial charge in [-0.3, -0.25) is 4.40 Å². The molecule has 0 saturated carbocycles. The van der Waals surface area contributed by atoms with Gasteiger partial charge in [0.15, 0.2) is 23.3 Å². The first kappa shape index (κ1) is 32.3. The summed E-state index contributed by atoms with van der Waals surface area (Å²) in [5, 5.41) is 2.21. The van der Waals surface area contributed by atoms with E-state index in [9.17, 15) is 0 Å². The standard InChI is InChI=1S/C49H34N6/c1-5-17-33(18-6-1)43-41-29-13-14-30-42(41)49-54-46(36-23-11-4-12-24-36)53-48(55(43)49)40-28-16-26-38(32-40)37-25-15-27-39(31-37)47-51-44(34-19-7-2-8-20-34)50-45(52-47)35-21-9-3-10-22-35/h1-2,4-9,11-32H,3,10H2. The molecular weight excluding hydrogens is 673 g/mol. The molecule has 6 nitrogen and oxygen atoms in total. The van der Waals surface area contributed by atoms with Crippen LogP contribution in [0.5, 0.6) is 0 Å². The van der Waals surface area contributed by atoms with Gasteiger partial charge in [0.2, 0.25) is 0 Å². The Morgan fingerprint density at radius 1 is 0.382 bits per heavy atom. The van der Waals surface area contributed by atoms with Crippen molar-refractivity contribution in [2.75, 3.05) is 0 Å². The maximum atomic E-state index is 5.33. The summed E-state index contributed by atoms with van der Waals surface area (Å²) in [5.74, 6) is 3.48. The van der Waals surface area contributed by atoms with E-state index in [4.69, 9.17) is 24.9 Å². The van der Waals surface area contributed by atoms with Crippen LogP contribution in [0.3, 0.4) is 0 Å². The van der Waals surface area contributed by atoms with E-state index >= 15 is 0 Å². The first-order chi connectivity index (χ1) is 27.3. The first-order valence-electron chi connectivity index (χ1n) is 18.6. The predicted molar refractivity (Wildman–Crippen MR) is 223 cm³/mol. The molecule has 1 aliphatic carbocycles. The number of nitrogens with zero attached hydrogens (tertiary/aromatic N) is 6. The van der Waals surface area contributed by atoms with Crippen LogP contribution in [0.25, 0.3) is 89.9 Å². The summed E-state index contributed by atoms with van der Waals surface area (Å²) in [4.78, 5) is 25.5. The maximum absolute atomic E-state index is 5.33. The lowest BCUT2D eigenvalue weighted by Gasteiger charge is -2.14. The summed E-state index contributed by atoms with van der Waals surface area (Å²) in [5.41, 5.74) is 9.99. The summed E-state index contributed by atoms with van der Waals surface area (Å²) in [6.07, 6.45) is 8.50. The Bertz CT molecular complexity index is 2910. The lowest BCUT2D eigenvalue weighted by molar-refractivity contribution is 1.01. The second kappa shape index (κ2) is 13.9. The van der Waals surface area contributed by atoms with Gasteiger partial charge < -0.3 is 0 Å². The molecule has 0 N–H and O–H groups in total. The van der Waals surface area contributed by atoms with Crippen molar-refractivity contribution >= 4 is 22.0 Å². The molecule has 0 amide bonds. The first-order valence-corrected chi connectivity index (χ1v) is 18.6. The Hall–Kier alpha value is -7.31. The van der Waals surface area contributed by atoms with Crippen molar-refractivity contribution in [2.45, 2.75) is 12.8 Å². The zero-order chi connectivity index (χ0) is 36.6. The molecule has 3 aromatic heterocycles. The van der Waals surface area contributed by atoms with Gasteiger partial charge in [0.05, 0.1) is 5.69 Å². The number of aromatic nitrogens is 6. The quantitative estimate of drug-likeness (QED) is 0.165.